The number of carbonyl (C=O) groups is 2. The van der Waals surface area contributed by atoms with Gasteiger partial charge in [-0.1, -0.05) is 23.7 Å². The number of nitrogens with one attached hydrogen (secondary N) is 3. The molecule has 2 aromatic carbocycles. The molecule has 0 fully saturated rings. The highest BCUT2D eigenvalue weighted by molar-refractivity contribution is 9.10. The maximum absolute atomic E-state index is 12.4. The first-order chi connectivity index (χ1) is 14.5. The highest BCUT2D eigenvalue weighted by atomic mass is 79.9. The van der Waals surface area contributed by atoms with Gasteiger partial charge in [0, 0.05) is 16.8 Å². The zero-order valence-corrected chi connectivity index (χ0v) is 17.5. The summed E-state index contributed by atoms with van der Waals surface area (Å²) in [5, 5.41) is 12.6. The van der Waals surface area contributed by atoms with Gasteiger partial charge in [-0.25, -0.2) is 0 Å². The predicted molar refractivity (Wildman–Crippen MR) is 116 cm³/mol. The van der Waals surface area contributed by atoms with E-state index in [-0.39, 0.29) is 11.7 Å². The topological polar surface area (TPSA) is 113 Å². The van der Waals surface area contributed by atoms with E-state index in [4.69, 9.17) is 16.0 Å². The second-order valence-electron chi connectivity index (χ2n) is 6.08. The van der Waals surface area contributed by atoms with Crippen molar-refractivity contribution >= 4 is 51.0 Å². The summed E-state index contributed by atoms with van der Waals surface area (Å²) in [6.45, 7) is 0. The molecule has 3 N–H and O–H groups in total. The van der Waals surface area contributed by atoms with Crippen LogP contribution in [0.25, 0.3) is 11.4 Å². The molecule has 0 radical (unpaired) electrons. The number of furan rings is 1. The molecule has 4 aromatic rings. The lowest BCUT2D eigenvalue weighted by Crippen LogP contribution is -2.14. The molecule has 0 aliphatic heterocycles. The number of H-pyrrole nitrogens is 1. The SMILES string of the molecule is O=C(Nc1n[nH]c(-c2ccccc2Cl)n1)c1ccc(NC(=O)c2ccc(Br)o2)cc1. The summed E-state index contributed by atoms with van der Waals surface area (Å²) < 4.78 is 5.66. The molecule has 0 atom stereocenters. The van der Waals surface area contributed by atoms with Gasteiger partial charge in [0.2, 0.25) is 5.95 Å². The number of hydrogen-bond acceptors (Lipinski definition) is 5. The van der Waals surface area contributed by atoms with Crippen LogP contribution in [0.5, 0.6) is 0 Å². The van der Waals surface area contributed by atoms with Crippen LogP contribution in [0.3, 0.4) is 0 Å². The highest BCUT2D eigenvalue weighted by Crippen LogP contribution is 2.25. The van der Waals surface area contributed by atoms with Gasteiger partial charge >= 0.3 is 0 Å². The number of hydrogen-bond donors (Lipinski definition) is 3. The molecule has 150 valence electrons. The van der Waals surface area contributed by atoms with Crippen LogP contribution in [0.15, 0.2) is 69.8 Å². The van der Waals surface area contributed by atoms with Crippen molar-refractivity contribution in [3.63, 3.8) is 0 Å². The Morgan fingerprint density at radius 1 is 0.967 bits per heavy atom. The second kappa shape index (κ2) is 8.52. The quantitative estimate of drug-likeness (QED) is 0.368. The van der Waals surface area contributed by atoms with Crippen LogP contribution in [0.2, 0.25) is 5.02 Å². The van der Waals surface area contributed by atoms with E-state index in [1.807, 2.05) is 12.1 Å². The van der Waals surface area contributed by atoms with E-state index >= 15 is 0 Å². The molecule has 0 spiro atoms. The average Bonchev–Trinajstić information content (AvgIpc) is 3.38. The third-order valence-corrected chi connectivity index (χ3v) is 4.80. The van der Waals surface area contributed by atoms with Gasteiger partial charge in [0.1, 0.15) is 0 Å². The van der Waals surface area contributed by atoms with Crippen molar-refractivity contribution in [2.75, 3.05) is 10.6 Å². The summed E-state index contributed by atoms with van der Waals surface area (Å²) in [6, 6.07) is 16.7. The number of amides is 2. The number of aromatic amines is 1. The van der Waals surface area contributed by atoms with Crippen LogP contribution in [0.1, 0.15) is 20.9 Å². The Kier molecular flexibility index (Phi) is 5.64. The van der Waals surface area contributed by atoms with Crippen molar-refractivity contribution in [2.45, 2.75) is 0 Å². The molecule has 10 heteroatoms. The molecule has 4 rings (SSSR count). The Bertz CT molecular complexity index is 1220. The Morgan fingerprint density at radius 3 is 2.43 bits per heavy atom. The minimum absolute atomic E-state index is 0.121. The number of carbonyl (C=O) groups excluding carboxylic acids is 2. The lowest BCUT2D eigenvalue weighted by molar-refractivity contribution is 0.0994. The van der Waals surface area contributed by atoms with E-state index in [2.05, 4.69) is 41.7 Å². The summed E-state index contributed by atoms with van der Waals surface area (Å²) in [5.41, 5.74) is 1.57. The van der Waals surface area contributed by atoms with Crippen molar-refractivity contribution in [3.8, 4) is 11.4 Å². The van der Waals surface area contributed by atoms with Gasteiger partial charge < -0.3 is 9.73 Å². The van der Waals surface area contributed by atoms with Crippen LogP contribution in [-0.4, -0.2) is 27.0 Å². The summed E-state index contributed by atoms with van der Waals surface area (Å²) in [7, 11) is 0. The van der Waals surface area contributed by atoms with Gasteiger partial charge in [0.25, 0.3) is 11.8 Å². The maximum atomic E-state index is 12.4. The van der Waals surface area contributed by atoms with Crippen LogP contribution >= 0.6 is 27.5 Å². The molecule has 0 saturated carbocycles. The molecule has 2 amide bonds. The number of anilines is 2. The van der Waals surface area contributed by atoms with Crippen LogP contribution in [0.4, 0.5) is 11.6 Å². The molecule has 30 heavy (non-hydrogen) atoms. The van der Waals surface area contributed by atoms with Crippen molar-refractivity contribution in [1.82, 2.24) is 15.2 Å². The Morgan fingerprint density at radius 2 is 1.73 bits per heavy atom. The Labute approximate surface area is 183 Å². The van der Waals surface area contributed by atoms with E-state index < -0.39 is 11.8 Å². The molecule has 2 heterocycles. The fourth-order valence-corrected chi connectivity index (χ4v) is 3.13. The largest absolute Gasteiger partial charge is 0.444 e. The monoisotopic (exact) mass is 485 g/mol. The summed E-state index contributed by atoms with van der Waals surface area (Å²) in [4.78, 5) is 28.8. The van der Waals surface area contributed by atoms with E-state index in [0.29, 0.717) is 32.3 Å². The van der Waals surface area contributed by atoms with Gasteiger partial charge in [0.05, 0.1) is 5.02 Å². The van der Waals surface area contributed by atoms with Gasteiger partial charge in [-0.2, -0.15) is 4.98 Å². The number of nitrogens with zero attached hydrogens (tertiary/aromatic N) is 2. The fourth-order valence-electron chi connectivity index (χ4n) is 2.60. The third-order valence-electron chi connectivity index (χ3n) is 4.04. The standard InChI is InChI=1S/C20H13BrClN5O3/c21-16-10-9-15(30-16)19(29)23-12-7-5-11(6-8-12)18(28)25-20-24-17(26-27-20)13-3-1-2-4-14(13)22/h1-10H,(H,23,29)(H2,24,25,26,27,28). The van der Waals surface area contributed by atoms with Gasteiger partial charge in [-0.15, -0.1) is 5.10 Å². The fraction of sp³-hybridized carbons (Fsp3) is 0. The number of aromatic nitrogens is 3. The number of benzene rings is 2. The first-order valence-corrected chi connectivity index (χ1v) is 9.82. The number of rotatable bonds is 5. The zero-order valence-electron chi connectivity index (χ0n) is 15.1. The lowest BCUT2D eigenvalue weighted by Gasteiger charge is -2.05. The third kappa shape index (κ3) is 4.42. The van der Waals surface area contributed by atoms with Crippen molar-refractivity contribution in [2.24, 2.45) is 0 Å². The molecule has 2 aromatic heterocycles. The van der Waals surface area contributed by atoms with E-state index in [1.54, 1.807) is 48.5 Å². The van der Waals surface area contributed by atoms with Crippen molar-refractivity contribution in [1.29, 1.82) is 0 Å². The Balaban J connectivity index is 1.41. The van der Waals surface area contributed by atoms with E-state index in [0.717, 1.165) is 0 Å². The number of halogens is 2. The molecule has 0 aliphatic carbocycles. The second-order valence-corrected chi connectivity index (χ2v) is 7.27. The first-order valence-electron chi connectivity index (χ1n) is 8.65. The summed E-state index contributed by atoms with van der Waals surface area (Å²) in [6.07, 6.45) is 0. The van der Waals surface area contributed by atoms with Crippen molar-refractivity contribution in [3.05, 3.63) is 81.7 Å². The lowest BCUT2D eigenvalue weighted by atomic mass is 10.2. The van der Waals surface area contributed by atoms with E-state index in [9.17, 15) is 9.59 Å². The summed E-state index contributed by atoms with van der Waals surface area (Å²) >= 11 is 9.29. The van der Waals surface area contributed by atoms with E-state index in [1.165, 1.54) is 0 Å². The molecule has 0 unspecified atom stereocenters. The van der Waals surface area contributed by atoms with Gasteiger partial charge in [-0.3, -0.25) is 20.0 Å². The van der Waals surface area contributed by atoms with Crippen LogP contribution in [-0.2, 0) is 0 Å². The zero-order chi connectivity index (χ0) is 21.1. The minimum atomic E-state index is -0.397. The summed E-state index contributed by atoms with van der Waals surface area (Å²) in [5.74, 6) is -0.0601. The van der Waals surface area contributed by atoms with Crippen LogP contribution < -0.4 is 10.6 Å². The maximum Gasteiger partial charge on any atom is 0.291 e. The molecule has 8 nitrogen and oxygen atoms in total. The molecular weight excluding hydrogens is 474 g/mol. The van der Waals surface area contributed by atoms with Crippen molar-refractivity contribution < 1.29 is 14.0 Å². The molecule has 0 aliphatic rings. The minimum Gasteiger partial charge on any atom is -0.444 e. The normalized spacial score (nSPS) is 10.6. The Hall–Kier alpha value is -3.43. The molecule has 0 bridgehead atoms. The smallest absolute Gasteiger partial charge is 0.291 e. The predicted octanol–water partition coefficient (Wildman–Crippen LogP) is 4.99. The van der Waals surface area contributed by atoms with Gasteiger partial charge in [-0.05, 0) is 64.5 Å². The van der Waals surface area contributed by atoms with Crippen LogP contribution in [0, 0.1) is 0 Å². The molecule has 0 saturated heterocycles. The molecular formula is C20H13BrClN5O3. The average molecular weight is 487 g/mol. The van der Waals surface area contributed by atoms with Gasteiger partial charge in [0.15, 0.2) is 16.3 Å². The highest BCUT2D eigenvalue weighted by Gasteiger charge is 2.14. The first kappa shape index (κ1) is 19.9.